The Morgan fingerprint density at radius 1 is 1.06 bits per heavy atom. The fraction of sp³-hybridized carbons (Fsp3) is 0.0833. The zero-order valence-electron chi connectivity index (χ0n) is 9.50. The van der Waals surface area contributed by atoms with E-state index in [-0.39, 0.29) is 4.90 Å². The second kappa shape index (κ2) is 4.70. The van der Waals surface area contributed by atoms with Crippen LogP contribution in [0, 0.1) is 5.21 Å². The molecule has 0 spiro atoms. The van der Waals surface area contributed by atoms with Crippen LogP contribution >= 0.6 is 15.9 Å². The topological polar surface area (TPSA) is 61.1 Å². The average molecular weight is 328 g/mol. The Morgan fingerprint density at radius 3 is 2.11 bits per heavy atom. The van der Waals surface area contributed by atoms with Crippen molar-refractivity contribution in [2.75, 3.05) is 6.26 Å². The number of hydrogen-bond acceptors (Lipinski definition) is 3. The maximum atomic E-state index is 11.4. The third-order valence-electron chi connectivity index (χ3n) is 2.48. The summed E-state index contributed by atoms with van der Waals surface area (Å²) < 4.78 is 23.8. The Labute approximate surface area is 114 Å². The van der Waals surface area contributed by atoms with Gasteiger partial charge in [-0.1, -0.05) is 12.1 Å². The number of nitrogens with zero attached hydrogens (tertiary/aromatic N) is 1. The Kier molecular flexibility index (Phi) is 3.41. The lowest BCUT2D eigenvalue weighted by atomic mass is 10.1. The molecule has 6 heteroatoms. The van der Waals surface area contributed by atoms with Gasteiger partial charge in [-0.05, 0) is 23.8 Å². The molecule has 0 fully saturated rings. The van der Waals surface area contributed by atoms with Gasteiger partial charge in [0, 0.05) is 33.8 Å². The summed E-state index contributed by atoms with van der Waals surface area (Å²) in [5.74, 6) is 0. The van der Waals surface area contributed by atoms with E-state index in [9.17, 15) is 13.6 Å². The smallest absolute Gasteiger partial charge is 0.259 e. The zero-order chi connectivity index (χ0) is 13.3. The minimum absolute atomic E-state index is 0.262. The Morgan fingerprint density at radius 2 is 1.61 bits per heavy atom. The van der Waals surface area contributed by atoms with Crippen LogP contribution in [0.5, 0.6) is 0 Å². The van der Waals surface area contributed by atoms with Crippen LogP contribution in [-0.2, 0) is 9.84 Å². The maximum absolute atomic E-state index is 11.4. The SMILES string of the molecule is CS(=O)(=O)c1ccc(-c2ccc(Br)[n+]([O-])c2)cc1. The highest BCUT2D eigenvalue weighted by molar-refractivity contribution is 9.10. The number of pyridine rings is 1. The first-order valence-electron chi connectivity index (χ1n) is 5.07. The van der Waals surface area contributed by atoms with Crippen molar-refractivity contribution < 1.29 is 13.1 Å². The van der Waals surface area contributed by atoms with Gasteiger partial charge >= 0.3 is 0 Å². The summed E-state index contributed by atoms with van der Waals surface area (Å²) in [4.78, 5) is 0.262. The minimum Gasteiger partial charge on any atom is -0.618 e. The highest BCUT2D eigenvalue weighted by Gasteiger charge is 2.09. The van der Waals surface area contributed by atoms with Gasteiger partial charge in [0.15, 0.2) is 16.0 Å². The molecular formula is C12H10BrNO3S. The molecule has 4 nitrogen and oxygen atoms in total. The number of benzene rings is 1. The second-order valence-electron chi connectivity index (χ2n) is 3.86. The van der Waals surface area contributed by atoms with Gasteiger partial charge < -0.3 is 5.21 Å². The molecule has 1 heterocycles. The third-order valence-corrected chi connectivity index (χ3v) is 4.23. The van der Waals surface area contributed by atoms with Crippen molar-refractivity contribution in [2.24, 2.45) is 0 Å². The van der Waals surface area contributed by atoms with E-state index < -0.39 is 9.84 Å². The average Bonchev–Trinajstić information content (AvgIpc) is 2.32. The van der Waals surface area contributed by atoms with E-state index in [1.165, 1.54) is 18.3 Å². The Bertz CT molecular complexity index is 681. The van der Waals surface area contributed by atoms with Crippen LogP contribution in [0.3, 0.4) is 0 Å². The summed E-state index contributed by atoms with van der Waals surface area (Å²) in [6, 6.07) is 9.85. The fourth-order valence-electron chi connectivity index (χ4n) is 1.53. The first-order valence-corrected chi connectivity index (χ1v) is 7.75. The lowest BCUT2D eigenvalue weighted by Crippen LogP contribution is -2.27. The molecule has 0 aliphatic rings. The van der Waals surface area contributed by atoms with Crippen molar-refractivity contribution in [1.29, 1.82) is 0 Å². The van der Waals surface area contributed by atoms with Crippen molar-refractivity contribution in [1.82, 2.24) is 0 Å². The lowest BCUT2D eigenvalue weighted by Gasteiger charge is -2.04. The van der Waals surface area contributed by atoms with Crippen LogP contribution in [0.15, 0.2) is 52.1 Å². The van der Waals surface area contributed by atoms with Crippen molar-refractivity contribution in [2.45, 2.75) is 4.90 Å². The number of rotatable bonds is 2. The largest absolute Gasteiger partial charge is 0.618 e. The van der Waals surface area contributed by atoms with Gasteiger partial charge in [0.25, 0.3) is 4.60 Å². The number of halogens is 1. The van der Waals surface area contributed by atoms with Crippen LogP contribution in [0.2, 0.25) is 0 Å². The summed E-state index contributed by atoms with van der Waals surface area (Å²) in [7, 11) is -3.19. The normalized spacial score (nSPS) is 11.4. The first-order chi connectivity index (χ1) is 8.38. The molecule has 0 atom stereocenters. The van der Waals surface area contributed by atoms with Crippen LogP contribution in [-0.4, -0.2) is 14.7 Å². The van der Waals surface area contributed by atoms with Gasteiger partial charge in [-0.3, -0.25) is 0 Å². The van der Waals surface area contributed by atoms with Gasteiger partial charge in [-0.2, -0.15) is 4.73 Å². The predicted molar refractivity (Wildman–Crippen MR) is 71.6 cm³/mol. The second-order valence-corrected chi connectivity index (χ2v) is 6.69. The van der Waals surface area contributed by atoms with E-state index in [1.807, 2.05) is 0 Å². The predicted octanol–water partition coefficient (Wildman–Crippen LogP) is 2.15. The van der Waals surface area contributed by atoms with Crippen molar-refractivity contribution in [3.8, 4) is 11.1 Å². The van der Waals surface area contributed by atoms with Gasteiger partial charge in [-0.25, -0.2) is 8.42 Å². The molecule has 0 saturated carbocycles. The fourth-order valence-corrected chi connectivity index (χ4v) is 2.39. The Hall–Kier alpha value is -1.40. The molecule has 1 aromatic carbocycles. The van der Waals surface area contributed by atoms with Gasteiger partial charge in [0.2, 0.25) is 0 Å². The zero-order valence-corrected chi connectivity index (χ0v) is 11.9. The molecular weight excluding hydrogens is 318 g/mol. The molecule has 0 radical (unpaired) electrons. The minimum atomic E-state index is -3.19. The van der Waals surface area contributed by atoms with Crippen molar-refractivity contribution in [3.63, 3.8) is 0 Å². The van der Waals surface area contributed by atoms with Crippen molar-refractivity contribution >= 4 is 25.8 Å². The van der Waals surface area contributed by atoms with E-state index in [2.05, 4.69) is 15.9 Å². The summed E-state index contributed by atoms with van der Waals surface area (Å²) in [6.45, 7) is 0. The standard InChI is InChI=1S/C12H10BrNO3S/c1-18(16,17)11-5-2-9(3-6-11)10-4-7-12(13)14(15)8-10/h2-8H,1H3. The molecule has 2 rings (SSSR count). The highest BCUT2D eigenvalue weighted by Crippen LogP contribution is 2.21. The molecule has 0 aliphatic heterocycles. The molecule has 1 aromatic heterocycles. The molecule has 0 saturated heterocycles. The quantitative estimate of drug-likeness (QED) is 0.482. The summed E-state index contributed by atoms with van der Waals surface area (Å²) in [6.07, 6.45) is 2.59. The number of sulfone groups is 1. The van der Waals surface area contributed by atoms with E-state index in [0.717, 1.165) is 17.4 Å². The monoisotopic (exact) mass is 327 g/mol. The lowest BCUT2D eigenvalue weighted by molar-refractivity contribution is -0.616. The number of hydrogen-bond donors (Lipinski definition) is 0. The maximum Gasteiger partial charge on any atom is 0.259 e. The van der Waals surface area contributed by atoms with E-state index in [1.54, 1.807) is 24.3 Å². The van der Waals surface area contributed by atoms with Gasteiger partial charge in [0.05, 0.1) is 4.90 Å². The Balaban J connectivity index is 2.43. The van der Waals surface area contributed by atoms with Crippen molar-refractivity contribution in [3.05, 3.63) is 52.4 Å². The van der Waals surface area contributed by atoms with Gasteiger partial charge in [0.1, 0.15) is 0 Å². The van der Waals surface area contributed by atoms with Crippen LogP contribution in [0.1, 0.15) is 0 Å². The van der Waals surface area contributed by atoms with Gasteiger partial charge in [-0.15, -0.1) is 0 Å². The van der Waals surface area contributed by atoms with Crippen LogP contribution < -0.4 is 4.73 Å². The first kappa shape index (κ1) is 13.0. The summed E-state index contributed by atoms with van der Waals surface area (Å²) in [5, 5.41) is 11.4. The van der Waals surface area contributed by atoms with Crippen LogP contribution in [0.4, 0.5) is 0 Å². The molecule has 0 N–H and O–H groups in total. The summed E-state index contributed by atoms with van der Waals surface area (Å²) in [5.41, 5.74) is 1.52. The molecule has 94 valence electrons. The molecule has 0 unspecified atom stereocenters. The summed E-state index contributed by atoms with van der Waals surface area (Å²) >= 11 is 3.11. The molecule has 0 bridgehead atoms. The van der Waals surface area contributed by atoms with E-state index in [0.29, 0.717) is 9.33 Å². The van der Waals surface area contributed by atoms with E-state index >= 15 is 0 Å². The van der Waals surface area contributed by atoms with E-state index in [4.69, 9.17) is 0 Å². The van der Waals surface area contributed by atoms with Crippen LogP contribution in [0.25, 0.3) is 11.1 Å². The highest BCUT2D eigenvalue weighted by atomic mass is 79.9. The molecule has 0 aliphatic carbocycles. The molecule has 18 heavy (non-hydrogen) atoms. The molecule has 0 amide bonds. The third kappa shape index (κ3) is 2.70. The molecule has 2 aromatic rings. The number of aromatic nitrogens is 1.